The summed E-state index contributed by atoms with van der Waals surface area (Å²) in [5, 5.41) is 19.3. The minimum Gasteiger partial charge on any atom is -0.458 e. The molecule has 0 heterocycles. The molecule has 1 unspecified atom stereocenters. The third-order valence-electron chi connectivity index (χ3n) is 2.50. The van der Waals surface area contributed by atoms with Gasteiger partial charge >= 0.3 is 11.9 Å². The van der Waals surface area contributed by atoms with E-state index in [1.807, 2.05) is 0 Å². The van der Waals surface area contributed by atoms with Crippen LogP contribution in [0.2, 0.25) is 0 Å². The van der Waals surface area contributed by atoms with Gasteiger partial charge in [-0.3, -0.25) is 0 Å². The van der Waals surface area contributed by atoms with E-state index in [2.05, 4.69) is 13.2 Å². The maximum atomic E-state index is 11.5. The quantitative estimate of drug-likeness (QED) is 0.420. The molecule has 19 heavy (non-hydrogen) atoms. The van der Waals surface area contributed by atoms with Crippen molar-refractivity contribution in [3.05, 3.63) is 24.3 Å². The SMILES string of the molecule is C=C(C)C(=O)OCC(C)(OC(=O)C(=C)C)C(C)(O)O. The number of esters is 2. The molecule has 0 aromatic carbocycles. The van der Waals surface area contributed by atoms with Crippen molar-refractivity contribution in [1.82, 2.24) is 0 Å². The summed E-state index contributed by atoms with van der Waals surface area (Å²) in [4.78, 5) is 22.8. The molecule has 0 rings (SSSR count). The summed E-state index contributed by atoms with van der Waals surface area (Å²) in [7, 11) is 0. The monoisotopic (exact) mass is 272 g/mol. The van der Waals surface area contributed by atoms with Crippen molar-refractivity contribution in [2.24, 2.45) is 0 Å². The molecule has 6 heteroatoms. The summed E-state index contributed by atoms with van der Waals surface area (Å²) in [5.74, 6) is -3.93. The zero-order valence-electron chi connectivity index (χ0n) is 11.6. The Morgan fingerprint density at radius 3 is 1.79 bits per heavy atom. The highest BCUT2D eigenvalue weighted by Crippen LogP contribution is 2.25. The van der Waals surface area contributed by atoms with Crippen molar-refractivity contribution in [3.63, 3.8) is 0 Å². The van der Waals surface area contributed by atoms with Crippen LogP contribution in [0.1, 0.15) is 27.7 Å². The lowest BCUT2D eigenvalue weighted by molar-refractivity contribution is -0.275. The van der Waals surface area contributed by atoms with Gasteiger partial charge in [0.25, 0.3) is 0 Å². The van der Waals surface area contributed by atoms with E-state index in [1.54, 1.807) is 0 Å². The average molecular weight is 272 g/mol. The van der Waals surface area contributed by atoms with Crippen LogP contribution in [0.4, 0.5) is 0 Å². The average Bonchev–Trinajstić information content (AvgIpc) is 2.23. The lowest BCUT2D eigenvalue weighted by Crippen LogP contribution is -2.56. The van der Waals surface area contributed by atoms with Crippen molar-refractivity contribution in [1.29, 1.82) is 0 Å². The third kappa shape index (κ3) is 4.84. The summed E-state index contributed by atoms with van der Waals surface area (Å²) in [5.41, 5.74) is -1.60. The Morgan fingerprint density at radius 1 is 1.05 bits per heavy atom. The van der Waals surface area contributed by atoms with Gasteiger partial charge in [-0.25, -0.2) is 9.59 Å². The third-order valence-corrected chi connectivity index (χ3v) is 2.50. The molecule has 0 saturated carbocycles. The topological polar surface area (TPSA) is 93.1 Å². The summed E-state index contributed by atoms with van der Waals surface area (Å²) in [6, 6.07) is 0. The standard InChI is InChI=1S/C13H20O6/c1-8(2)10(14)18-7-12(5,13(6,16)17)19-11(15)9(3)4/h16-17H,1,3,7H2,2,4-6H3. The van der Waals surface area contributed by atoms with Crippen LogP contribution in [0.25, 0.3) is 0 Å². The van der Waals surface area contributed by atoms with Crippen molar-refractivity contribution in [2.75, 3.05) is 6.61 Å². The van der Waals surface area contributed by atoms with Crippen molar-refractivity contribution in [2.45, 2.75) is 39.1 Å². The van der Waals surface area contributed by atoms with Crippen LogP contribution in [0.15, 0.2) is 24.3 Å². The van der Waals surface area contributed by atoms with Gasteiger partial charge < -0.3 is 19.7 Å². The highest BCUT2D eigenvalue weighted by Gasteiger charge is 2.47. The van der Waals surface area contributed by atoms with E-state index >= 15 is 0 Å². The fourth-order valence-corrected chi connectivity index (χ4v) is 0.881. The van der Waals surface area contributed by atoms with Gasteiger partial charge in [0, 0.05) is 11.1 Å². The van der Waals surface area contributed by atoms with Gasteiger partial charge in [0.1, 0.15) is 6.61 Å². The molecule has 6 nitrogen and oxygen atoms in total. The van der Waals surface area contributed by atoms with Gasteiger partial charge in [-0.2, -0.15) is 0 Å². The van der Waals surface area contributed by atoms with Crippen LogP contribution in [0.3, 0.4) is 0 Å². The van der Waals surface area contributed by atoms with Gasteiger partial charge in [-0.15, -0.1) is 0 Å². The molecule has 0 saturated heterocycles. The maximum Gasteiger partial charge on any atom is 0.333 e. The Bertz CT molecular complexity index is 404. The fraction of sp³-hybridized carbons (Fsp3) is 0.538. The normalized spacial score (nSPS) is 14.2. The van der Waals surface area contributed by atoms with Crippen LogP contribution < -0.4 is 0 Å². The minimum atomic E-state index is -2.40. The molecule has 0 aromatic heterocycles. The van der Waals surface area contributed by atoms with Crippen LogP contribution in [-0.4, -0.2) is 40.1 Å². The molecule has 2 N–H and O–H groups in total. The Kier molecular flexibility index (Phi) is 5.46. The van der Waals surface area contributed by atoms with E-state index in [-0.39, 0.29) is 11.1 Å². The van der Waals surface area contributed by atoms with Gasteiger partial charge in [-0.1, -0.05) is 13.2 Å². The molecule has 0 aliphatic heterocycles. The summed E-state index contributed by atoms with van der Waals surface area (Å²) in [6.45, 7) is 11.4. The molecule has 108 valence electrons. The zero-order chi connectivity index (χ0) is 15.4. The van der Waals surface area contributed by atoms with E-state index in [1.165, 1.54) is 20.8 Å². The number of aliphatic hydroxyl groups is 2. The second-order valence-electron chi connectivity index (χ2n) is 4.78. The van der Waals surface area contributed by atoms with Crippen molar-refractivity contribution >= 4 is 11.9 Å². The van der Waals surface area contributed by atoms with Crippen LogP contribution >= 0.6 is 0 Å². The number of ether oxygens (including phenoxy) is 2. The predicted octanol–water partition coefficient (Wildman–Crippen LogP) is 0.685. The smallest absolute Gasteiger partial charge is 0.333 e. The molecule has 1 atom stereocenters. The summed E-state index contributed by atoms with van der Waals surface area (Å²) < 4.78 is 9.76. The Morgan fingerprint density at radius 2 is 1.47 bits per heavy atom. The molecule has 0 bridgehead atoms. The highest BCUT2D eigenvalue weighted by molar-refractivity contribution is 5.88. The predicted molar refractivity (Wildman–Crippen MR) is 67.9 cm³/mol. The highest BCUT2D eigenvalue weighted by atomic mass is 16.6. The van der Waals surface area contributed by atoms with Crippen LogP contribution in [0.5, 0.6) is 0 Å². The molecular formula is C13H20O6. The van der Waals surface area contributed by atoms with Crippen LogP contribution in [0, 0.1) is 0 Å². The van der Waals surface area contributed by atoms with E-state index in [4.69, 9.17) is 9.47 Å². The lowest BCUT2D eigenvalue weighted by Gasteiger charge is -2.37. The number of carbonyl (C=O) groups excluding carboxylic acids is 2. The second-order valence-corrected chi connectivity index (χ2v) is 4.78. The molecule has 0 radical (unpaired) electrons. The van der Waals surface area contributed by atoms with Crippen molar-refractivity contribution in [3.8, 4) is 0 Å². The first-order valence-electron chi connectivity index (χ1n) is 5.57. The Labute approximate surface area is 112 Å². The van der Waals surface area contributed by atoms with Gasteiger partial charge in [-0.05, 0) is 27.7 Å². The first kappa shape index (κ1) is 17.3. The van der Waals surface area contributed by atoms with E-state index in [0.717, 1.165) is 6.92 Å². The second kappa shape index (κ2) is 5.99. The first-order chi connectivity index (χ1) is 8.40. The summed E-state index contributed by atoms with van der Waals surface area (Å²) in [6.07, 6.45) is 0. The molecule has 0 aliphatic rings. The van der Waals surface area contributed by atoms with E-state index in [0.29, 0.717) is 0 Å². The number of rotatable bonds is 6. The maximum absolute atomic E-state index is 11.5. The number of carbonyl (C=O) groups is 2. The summed E-state index contributed by atoms with van der Waals surface area (Å²) >= 11 is 0. The number of hydrogen-bond donors (Lipinski definition) is 2. The molecule has 0 aliphatic carbocycles. The van der Waals surface area contributed by atoms with Crippen LogP contribution in [-0.2, 0) is 19.1 Å². The lowest BCUT2D eigenvalue weighted by atomic mass is 9.97. The minimum absolute atomic E-state index is 0.0849. The molecule has 0 amide bonds. The fourth-order valence-electron chi connectivity index (χ4n) is 0.881. The largest absolute Gasteiger partial charge is 0.458 e. The molecule has 0 aromatic rings. The molecule has 0 spiro atoms. The zero-order valence-corrected chi connectivity index (χ0v) is 11.6. The van der Waals surface area contributed by atoms with Gasteiger partial charge in [0.05, 0.1) is 0 Å². The van der Waals surface area contributed by atoms with Gasteiger partial charge in [0.2, 0.25) is 5.79 Å². The van der Waals surface area contributed by atoms with E-state index in [9.17, 15) is 19.8 Å². The van der Waals surface area contributed by atoms with E-state index < -0.39 is 29.9 Å². The molecule has 0 fully saturated rings. The Balaban J connectivity index is 5.00. The molecular weight excluding hydrogens is 252 g/mol. The van der Waals surface area contributed by atoms with Crippen molar-refractivity contribution < 1.29 is 29.3 Å². The first-order valence-corrected chi connectivity index (χ1v) is 5.57. The Hall–Kier alpha value is -1.66. The number of hydrogen-bond acceptors (Lipinski definition) is 6. The van der Waals surface area contributed by atoms with Gasteiger partial charge in [0.15, 0.2) is 5.60 Å².